The van der Waals surface area contributed by atoms with Crippen LogP contribution >= 0.6 is 0 Å². The minimum Gasteiger partial charge on any atom is -0.507 e. The van der Waals surface area contributed by atoms with E-state index in [-0.39, 0.29) is 18.0 Å². The second-order valence-electron chi connectivity index (χ2n) is 11.0. The average molecular weight is 545 g/mol. The van der Waals surface area contributed by atoms with Crippen LogP contribution in [0.25, 0.3) is 16.8 Å². The summed E-state index contributed by atoms with van der Waals surface area (Å²) in [7, 11) is 0.0935. The van der Waals surface area contributed by atoms with Crippen molar-refractivity contribution in [2.75, 3.05) is 7.11 Å². The van der Waals surface area contributed by atoms with E-state index in [9.17, 15) is 24.5 Å². The lowest BCUT2D eigenvalue weighted by atomic mass is 9.58. The summed E-state index contributed by atoms with van der Waals surface area (Å²) in [6.07, 6.45) is 5.23. The number of amides is 3. The summed E-state index contributed by atoms with van der Waals surface area (Å²) in [6.45, 7) is 4.18. The van der Waals surface area contributed by atoms with Crippen LogP contribution in [-0.2, 0) is 19.0 Å². The highest BCUT2D eigenvalue weighted by Crippen LogP contribution is 2.51. The number of benzene rings is 2. The third kappa shape index (κ3) is 4.97. The molecule has 0 saturated carbocycles. The first kappa shape index (κ1) is 28.1. The van der Waals surface area contributed by atoms with Crippen LogP contribution in [-0.4, -0.2) is 53.3 Å². The maximum Gasteiger partial charge on any atom is 0.455 e. The van der Waals surface area contributed by atoms with Gasteiger partial charge in [0.05, 0.1) is 25.0 Å². The lowest BCUT2D eigenvalue weighted by molar-refractivity contribution is -0.137. The molecule has 3 aliphatic rings. The molecular weight excluding hydrogens is 509 g/mol. The number of likely N-dealkylation sites (tertiary alicyclic amines) is 1. The third-order valence-electron chi connectivity index (χ3n) is 8.69. The number of aromatic hydroxyl groups is 1. The zero-order valence-electron chi connectivity index (χ0n) is 23.3. The Morgan fingerprint density at radius 3 is 2.58 bits per heavy atom. The van der Waals surface area contributed by atoms with Crippen LogP contribution in [0.3, 0.4) is 0 Å². The second kappa shape index (κ2) is 11.6. The van der Waals surface area contributed by atoms with E-state index < -0.39 is 43.0 Å². The fourth-order valence-corrected chi connectivity index (χ4v) is 6.89. The molecule has 9 heteroatoms. The summed E-state index contributed by atoms with van der Waals surface area (Å²) >= 11 is 0. The largest absolute Gasteiger partial charge is 0.507 e. The number of allylic oxidation sites excluding steroid dienone is 2. The van der Waals surface area contributed by atoms with Crippen LogP contribution in [0, 0.1) is 17.8 Å². The molecule has 8 nitrogen and oxygen atoms in total. The van der Waals surface area contributed by atoms with Gasteiger partial charge in [-0.05, 0) is 66.9 Å². The number of rotatable bonds is 7. The number of carbonyl (C=O) groups excluding carboxylic acids is 3. The molecular formula is C31H36BNO7. The summed E-state index contributed by atoms with van der Waals surface area (Å²) in [5.74, 6) is -2.49. The first-order valence-electron chi connectivity index (χ1n) is 14.2. The lowest BCUT2D eigenvalue weighted by Crippen LogP contribution is -2.46. The molecule has 40 heavy (non-hydrogen) atoms. The van der Waals surface area contributed by atoms with Gasteiger partial charge >= 0.3 is 13.2 Å². The molecule has 0 radical (unpaired) electrons. The van der Waals surface area contributed by atoms with Gasteiger partial charge in [-0.2, -0.15) is 4.90 Å². The Balaban J connectivity index is 1.44. The van der Waals surface area contributed by atoms with Crippen LogP contribution in [0.2, 0.25) is 6.32 Å². The van der Waals surface area contributed by atoms with Crippen molar-refractivity contribution in [3.63, 3.8) is 0 Å². The Labute approximate surface area is 234 Å². The monoisotopic (exact) mass is 545 g/mol. The normalized spacial score (nSPS) is 24.9. The molecule has 3 amide bonds. The van der Waals surface area contributed by atoms with Gasteiger partial charge in [0.2, 0.25) is 11.8 Å². The molecule has 0 aromatic heterocycles. The van der Waals surface area contributed by atoms with Crippen LogP contribution < -0.4 is 0 Å². The number of fused-ring (bicyclic) bond motifs is 4. The number of methoxy groups -OCH3 is 1. The van der Waals surface area contributed by atoms with Gasteiger partial charge in [-0.1, -0.05) is 67.8 Å². The summed E-state index contributed by atoms with van der Waals surface area (Å²) in [5.41, 5.74) is 4.35. The standard InChI is InChI=1S/C31H36BNO7/c1-4-8-20-16-23-28(30(36)33(29(23)35)31(37)39-3)24-17-32(38)40-26(27(20)24)14-11-18(5-2)15-19-12-13-25(34)22-10-7-6-9-21(19)22/h6-7,9-10,12-13,15,23-24,26,28,34,38H,4-5,8,11,14,16-17H2,1-3H3/b18-15+/t23-,24+,26-,28-/m1/s1. The first-order chi connectivity index (χ1) is 19.3. The third-order valence-corrected chi connectivity index (χ3v) is 8.69. The number of ether oxygens (including phenoxy) is 1. The van der Waals surface area contributed by atoms with Crippen LogP contribution in [0.5, 0.6) is 5.75 Å². The molecule has 2 aromatic carbocycles. The van der Waals surface area contributed by atoms with Crippen molar-refractivity contribution in [1.29, 1.82) is 0 Å². The zero-order valence-corrected chi connectivity index (χ0v) is 23.3. The summed E-state index contributed by atoms with van der Waals surface area (Å²) in [5, 5.41) is 22.8. The van der Waals surface area contributed by atoms with Gasteiger partial charge in [-0.15, -0.1) is 0 Å². The highest BCUT2D eigenvalue weighted by molar-refractivity contribution is 6.43. The molecule has 2 N–H and O–H groups in total. The molecule has 2 aliphatic heterocycles. The van der Waals surface area contributed by atoms with E-state index in [0.717, 1.165) is 53.9 Å². The van der Waals surface area contributed by atoms with Gasteiger partial charge in [0.15, 0.2) is 0 Å². The zero-order chi connectivity index (χ0) is 28.6. The Kier molecular flexibility index (Phi) is 8.15. The Hall–Kier alpha value is -3.43. The molecule has 0 unspecified atom stereocenters. The van der Waals surface area contributed by atoms with Crippen molar-refractivity contribution in [3.8, 4) is 5.75 Å². The lowest BCUT2D eigenvalue weighted by Gasteiger charge is -2.43. The Morgan fingerprint density at radius 1 is 1.12 bits per heavy atom. The molecule has 0 bridgehead atoms. The number of phenols is 1. The van der Waals surface area contributed by atoms with Crippen LogP contribution in [0.4, 0.5) is 4.79 Å². The predicted octanol–water partition coefficient (Wildman–Crippen LogP) is 5.48. The van der Waals surface area contributed by atoms with E-state index in [0.29, 0.717) is 24.2 Å². The minimum atomic E-state index is -1.06. The summed E-state index contributed by atoms with van der Waals surface area (Å²) in [4.78, 5) is 39.4. The molecule has 210 valence electrons. The number of imide groups is 3. The highest BCUT2D eigenvalue weighted by Gasteiger charge is 2.59. The molecule has 5 rings (SSSR count). The van der Waals surface area contributed by atoms with Gasteiger partial charge in [0.1, 0.15) is 5.75 Å². The Bertz CT molecular complexity index is 1400. The number of carbonyl (C=O) groups is 3. The molecule has 2 aromatic rings. The van der Waals surface area contributed by atoms with E-state index in [4.69, 9.17) is 9.39 Å². The summed E-state index contributed by atoms with van der Waals surface area (Å²) in [6, 6.07) is 11.4. The summed E-state index contributed by atoms with van der Waals surface area (Å²) < 4.78 is 10.8. The predicted molar refractivity (Wildman–Crippen MR) is 152 cm³/mol. The van der Waals surface area contributed by atoms with Crippen LogP contribution in [0.1, 0.15) is 57.9 Å². The van der Waals surface area contributed by atoms with Gasteiger partial charge < -0.3 is 19.5 Å². The van der Waals surface area contributed by atoms with Crippen molar-refractivity contribution in [1.82, 2.24) is 4.90 Å². The van der Waals surface area contributed by atoms with Crippen molar-refractivity contribution in [2.24, 2.45) is 17.8 Å². The van der Waals surface area contributed by atoms with Crippen molar-refractivity contribution in [3.05, 3.63) is 58.7 Å². The van der Waals surface area contributed by atoms with E-state index in [2.05, 4.69) is 19.9 Å². The molecule has 2 heterocycles. The maximum absolute atomic E-state index is 13.4. The van der Waals surface area contributed by atoms with E-state index in [1.807, 2.05) is 30.3 Å². The fraction of sp³-hybridized carbons (Fsp3) is 0.452. The van der Waals surface area contributed by atoms with Crippen LogP contribution in [0.15, 0.2) is 53.1 Å². The molecule has 2 saturated heterocycles. The van der Waals surface area contributed by atoms with Crippen molar-refractivity contribution in [2.45, 2.75) is 64.8 Å². The minimum absolute atomic E-state index is 0.213. The SMILES string of the molecule is CCCC1=C2[C@@H](CC/C(=C/c3ccc(O)c4ccccc34)CC)OB(O)C[C@@H]2[C@@H]2C(=O)N(C(=O)OC)C(=O)[C@@H]2C1. The molecule has 2 fully saturated rings. The molecule has 4 atom stereocenters. The number of hydrogen-bond donors (Lipinski definition) is 2. The maximum atomic E-state index is 13.4. The topological polar surface area (TPSA) is 113 Å². The number of hydrogen-bond acceptors (Lipinski definition) is 7. The Morgan fingerprint density at radius 2 is 1.88 bits per heavy atom. The quantitative estimate of drug-likeness (QED) is 0.269. The van der Waals surface area contributed by atoms with E-state index >= 15 is 0 Å². The molecule has 1 aliphatic carbocycles. The van der Waals surface area contributed by atoms with Gasteiger partial charge in [-0.3, -0.25) is 9.59 Å². The average Bonchev–Trinajstić information content (AvgIpc) is 3.20. The smallest absolute Gasteiger partial charge is 0.455 e. The van der Waals surface area contributed by atoms with Gasteiger partial charge in [-0.25, -0.2) is 4.79 Å². The van der Waals surface area contributed by atoms with Gasteiger partial charge in [0.25, 0.3) is 0 Å². The number of phenolic OH excluding ortho intramolecular Hbond substituents is 1. The second-order valence-corrected chi connectivity index (χ2v) is 11.0. The van der Waals surface area contributed by atoms with E-state index in [1.54, 1.807) is 6.07 Å². The highest BCUT2D eigenvalue weighted by atomic mass is 16.5. The fourth-order valence-electron chi connectivity index (χ4n) is 6.89. The number of nitrogens with zero attached hydrogens (tertiary/aromatic N) is 1. The van der Waals surface area contributed by atoms with E-state index in [1.165, 1.54) is 5.57 Å². The molecule has 0 spiro atoms. The van der Waals surface area contributed by atoms with Crippen molar-refractivity contribution < 1.29 is 33.9 Å². The first-order valence-corrected chi connectivity index (χ1v) is 14.2. The van der Waals surface area contributed by atoms with Gasteiger partial charge in [0, 0.05) is 5.39 Å². The van der Waals surface area contributed by atoms with Crippen molar-refractivity contribution >= 4 is 41.9 Å².